The molecule has 0 saturated carbocycles. The molecule has 14 heteroatoms. The van der Waals surface area contributed by atoms with Gasteiger partial charge in [0.15, 0.2) is 11.6 Å². The van der Waals surface area contributed by atoms with Crippen molar-refractivity contribution in [2.75, 3.05) is 11.1 Å². The van der Waals surface area contributed by atoms with E-state index in [0.717, 1.165) is 43.9 Å². The van der Waals surface area contributed by atoms with Crippen LogP contribution in [0.1, 0.15) is 26.4 Å². The number of nitrogens with zero attached hydrogens (tertiary/aromatic N) is 3. The number of aromatic nitrogens is 3. The van der Waals surface area contributed by atoms with Gasteiger partial charge >= 0.3 is 0 Å². The van der Waals surface area contributed by atoms with E-state index in [0.29, 0.717) is 11.4 Å². The van der Waals surface area contributed by atoms with Gasteiger partial charge in [0.25, 0.3) is 5.91 Å². The Labute approximate surface area is 272 Å². The van der Waals surface area contributed by atoms with Crippen LogP contribution < -0.4 is 21.1 Å². The first-order valence-electron chi connectivity index (χ1n) is 14.3. The van der Waals surface area contributed by atoms with Crippen LogP contribution in [0.5, 0.6) is 0 Å². The van der Waals surface area contributed by atoms with Crippen LogP contribution in [0.2, 0.25) is 0 Å². The standard InChI is InChI=1S/C33H27F2N7O3S2/c34-27-9-6-21(12-28(27)35)15-39-33(43)26-14-24(47(44,45)42-16-20-4-2-1-3-5-20)18-38-32(26)37-17-23-8-11-30(46-23)22-7-10-29-25(13-22)31(36)41-19-40-29/h1-14,18-19,42H,15-17H2,(H,37,38)(H,39,43)(H2,36,40,41). The topological polar surface area (TPSA) is 152 Å². The number of amides is 1. The number of halogens is 2. The van der Waals surface area contributed by atoms with E-state index in [9.17, 15) is 22.0 Å². The van der Waals surface area contributed by atoms with Crippen molar-refractivity contribution < 1.29 is 22.0 Å². The smallest absolute Gasteiger partial charge is 0.255 e. The highest BCUT2D eigenvalue weighted by Gasteiger charge is 2.21. The van der Waals surface area contributed by atoms with Gasteiger partial charge in [-0.25, -0.2) is 36.9 Å². The average Bonchev–Trinajstić information content (AvgIpc) is 3.56. The molecular weight excluding hydrogens is 645 g/mol. The van der Waals surface area contributed by atoms with Gasteiger partial charge in [-0.2, -0.15) is 0 Å². The maximum atomic E-state index is 13.7. The van der Waals surface area contributed by atoms with E-state index >= 15 is 0 Å². The summed E-state index contributed by atoms with van der Waals surface area (Å²) in [5.41, 5.74) is 8.74. The number of carbonyl (C=O) groups excluding carboxylic acids is 1. The van der Waals surface area contributed by atoms with Crippen molar-refractivity contribution in [3.8, 4) is 10.4 Å². The van der Waals surface area contributed by atoms with Crippen LogP contribution in [0.15, 0.2) is 102 Å². The van der Waals surface area contributed by atoms with E-state index in [1.165, 1.54) is 36.0 Å². The maximum Gasteiger partial charge on any atom is 0.255 e. The lowest BCUT2D eigenvalue weighted by Gasteiger charge is -2.14. The van der Waals surface area contributed by atoms with Crippen LogP contribution in [-0.4, -0.2) is 29.3 Å². The summed E-state index contributed by atoms with van der Waals surface area (Å²) in [5.74, 6) is -2.19. The molecule has 0 aliphatic heterocycles. The number of nitrogen functional groups attached to an aromatic ring is 1. The van der Waals surface area contributed by atoms with Crippen molar-refractivity contribution in [3.63, 3.8) is 0 Å². The minimum absolute atomic E-state index is 0.0401. The van der Waals surface area contributed by atoms with Gasteiger partial charge in [-0.05, 0) is 59.2 Å². The Morgan fingerprint density at radius 3 is 2.47 bits per heavy atom. The number of carbonyl (C=O) groups is 1. The normalized spacial score (nSPS) is 11.4. The lowest BCUT2D eigenvalue weighted by molar-refractivity contribution is 0.0951. The quantitative estimate of drug-likeness (QED) is 0.138. The SMILES string of the molecule is Nc1ncnc2ccc(-c3ccc(CNc4ncc(S(=O)(=O)NCc5ccccc5)cc4C(=O)NCc4ccc(F)c(F)c4)s3)cc12. The summed E-state index contributed by atoms with van der Waals surface area (Å²) in [4.78, 5) is 27.7. The molecule has 3 aromatic heterocycles. The zero-order valence-electron chi connectivity index (χ0n) is 24.6. The van der Waals surface area contributed by atoms with Crippen LogP contribution in [0.4, 0.5) is 20.4 Å². The van der Waals surface area contributed by atoms with Crippen LogP contribution in [-0.2, 0) is 29.7 Å². The molecule has 6 aromatic rings. The predicted octanol–water partition coefficient (Wildman–Crippen LogP) is 5.63. The molecule has 6 rings (SSSR count). The summed E-state index contributed by atoms with van der Waals surface area (Å²) < 4.78 is 56.0. The minimum atomic E-state index is -4.05. The van der Waals surface area contributed by atoms with Crippen molar-refractivity contribution in [1.29, 1.82) is 0 Å². The predicted molar refractivity (Wildman–Crippen MR) is 177 cm³/mol. The fourth-order valence-corrected chi connectivity index (χ4v) is 6.65. The van der Waals surface area contributed by atoms with Crippen molar-refractivity contribution in [3.05, 3.63) is 131 Å². The fraction of sp³-hybridized carbons (Fsp3) is 0.0909. The van der Waals surface area contributed by atoms with Crippen molar-refractivity contribution >= 4 is 49.8 Å². The number of hydrogen-bond donors (Lipinski definition) is 4. The second-order valence-corrected chi connectivity index (χ2v) is 13.4. The molecule has 0 aliphatic rings. The Balaban J connectivity index is 1.23. The lowest BCUT2D eigenvalue weighted by Crippen LogP contribution is -2.27. The Kier molecular flexibility index (Phi) is 9.15. The largest absolute Gasteiger partial charge is 0.383 e. The molecule has 3 heterocycles. The van der Waals surface area contributed by atoms with E-state index in [1.807, 2.05) is 36.4 Å². The molecule has 3 aromatic carbocycles. The molecule has 0 spiro atoms. The minimum Gasteiger partial charge on any atom is -0.383 e. The van der Waals surface area contributed by atoms with Gasteiger partial charge in [0, 0.05) is 34.4 Å². The second kappa shape index (κ2) is 13.6. The highest BCUT2D eigenvalue weighted by molar-refractivity contribution is 7.89. The summed E-state index contributed by atoms with van der Waals surface area (Å²) in [5, 5.41) is 6.52. The molecule has 0 unspecified atom stereocenters. The van der Waals surface area contributed by atoms with Crippen molar-refractivity contribution in [2.45, 2.75) is 24.5 Å². The van der Waals surface area contributed by atoms with E-state index in [2.05, 4.69) is 30.3 Å². The molecule has 0 saturated heterocycles. The number of anilines is 2. The van der Waals surface area contributed by atoms with Gasteiger partial charge in [-0.15, -0.1) is 11.3 Å². The van der Waals surface area contributed by atoms with Gasteiger partial charge in [0.05, 0.1) is 17.6 Å². The van der Waals surface area contributed by atoms with Crippen LogP contribution >= 0.6 is 11.3 Å². The molecule has 0 aliphatic carbocycles. The summed E-state index contributed by atoms with van der Waals surface area (Å²) >= 11 is 1.51. The van der Waals surface area contributed by atoms with Crippen molar-refractivity contribution in [2.24, 2.45) is 0 Å². The third-order valence-electron chi connectivity index (χ3n) is 7.21. The first-order chi connectivity index (χ1) is 22.7. The molecule has 1 amide bonds. The van der Waals surface area contributed by atoms with Crippen molar-refractivity contribution in [1.82, 2.24) is 25.0 Å². The third-order valence-corrected chi connectivity index (χ3v) is 9.71. The van der Waals surface area contributed by atoms with E-state index < -0.39 is 27.6 Å². The number of nitrogens with two attached hydrogens (primary N) is 1. The first kappa shape index (κ1) is 31.7. The molecule has 0 fully saturated rings. The molecule has 10 nitrogen and oxygen atoms in total. The van der Waals surface area contributed by atoms with Gasteiger partial charge in [-0.3, -0.25) is 4.79 Å². The number of benzene rings is 3. The Hall–Kier alpha value is -5.31. The van der Waals surface area contributed by atoms with Crippen LogP contribution in [0, 0.1) is 11.6 Å². The number of sulfonamides is 1. The Bertz CT molecular complexity index is 2200. The number of nitrogens with one attached hydrogen (secondary N) is 3. The zero-order valence-corrected chi connectivity index (χ0v) is 26.2. The maximum absolute atomic E-state index is 13.7. The molecule has 5 N–H and O–H groups in total. The van der Waals surface area contributed by atoms with Crippen LogP contribution in [0.25, 0.3) is 21.3 Å². The monoisotopic (exact) mass is 671 g/mol. The summed E-state index contributed by atoms with van der Waals surface area (Å²) in [7, 11) is -4.05. The molecule has 0 radical (unpaired) electrons. The van der Waals surface area contributed by atoms with Gasteiger partial charge in [-0.1, -0.05) is 42.5 Å². The summed E-state index contributed by atoms with van der Waals surface area (Å²) in [6.07, 6.45) is 2.59. The van der Waals surface area contributed by atoms with Gasteiger partial charge in [0.1, 0.15) is 22.9 Å². The number of pyridine rings is 1. The molecule has 0 atom stereocenters. The molecule has 0 bridgehead atoms. The van der Waals surface area contributed by atoms with E-state index in [1.54, 1.807) is 24.3 Å². The highest BCUT2D eigenvalue weighted by atomic mass is 32.2. The molecular formula is C33H27F2N7O3S2. The molecule has 238 valence electrons. The number of fused-ring (bicyclic) bond motifs is 1. The third kappa shape index (κ3) is 7.41. The number of hydrogen-bond acceptors (Lipinski definition) is 9. The molecule has 47 heavy (non-hydrogen) atoms. The number of rotatable bonds is 11. The second-order valence-electron chi connectivity index (χ2n) is 10.4. The Morgan fingerprint density at radius 2 is 1.66 bits per heavy atom. The number of thiophene rings is 1. The first-order valence-corrected chi connectivity index (χ1v) is 16.6. The van der Waals surface area contributed by atoms with E-state index in [4.69, 9.17) is 5.73 Å². The lowest BCUT2D eigenvalue weighted by atomic mass is 10.1. The van der Waals surface area contributed by atoms with Crippen LogP contribution in [0.3, 0.4) is 0 Å². The Morgan fingerprint density at radius 1 is 0.830 bits per heavy atom. The summed E-state index contributed by atoms with van der Waals surface area (Å²) in [6, 6.07) is 23.1. The fourth-order valence-electron chi connectivity index (χ4n) is 4.72. The zero-order chi connectivity index (χ0) is 33.0. The summed E-state index contributed by atoms with van der Waals surface area (Å²) in [6.45, 7) is 0.185. The highest BCUT2D eigenvalue weighted by Crippen LogP contribution is 2.32. The van der Waals surface area contributed by atoms with E-state index in [-0.39, 0.29) is 35.9 Å². The average molecular weight is 672 g/mol. The van der Waals surface area contributed by atoms with Gasteiger partial charge in [0.2, 0.25) is 10.0 Å². The van der Waals surface area contributed by atoms with Gasteiger partial charge < -0.3 is 16.4 Å².